The van der Waals surface area contributed by atoms with E-state index in [0.29, 0.717) is 0 Å². The van der Waals surface area contributed by atoms with E-state index in [1.807, 2.05) is 52.1 Å². The fraction of sp³-hybridized carbons (Fsp3) is 0.400. The molecule has 0 spiro atoms. The van der Waals surface area contributed by atoms with Crippen molar-refractivity contribution in [3.8, 4) is 5.82 Å². The molecule has 0 aromatic carbocycles. The van der Waals surface area contributed by atoms with Gasteiger partial charge >= 0.3 is 6.09 Å². The van der Waals surface area contributed by atoms with Gasteiger partial charge < -0.3 is 10.1 Å². The maximum Gasteiger partial charge on any atom is 0.408 e. The summed E-state index contributed by atoms with van der Waals surface area (Å²) in [5.74, 6) is 0.730. The van der Waals surface area contributed by atoms with Crippen molar-refractivity contribution < 1.29 is 9.53 Å². The number of ether oxygens (including phenoxy) is 1. The van der Waals surface area contributed by atoms with Gasteiger partial charge in [-0.3, -0.25) is 0 Å². The van der Waals surface area contributed by atoms with Crippen LogP contribution in [0.3, 0.4) is 0 Å². The molecule has 0 aliphatic rings. The van der Waals surface area contributed by atoms with Gasteiger partial charge in [-0.25, -0.2) is 14.5 Å². The van der Waals surface area contributed by atoms with Gasteiger partial charge in [0.25, 0.3) is 0 Å². The molecular weight excluding hydrogens is 268 g/mol. The maximum atomic E-state index is 11.7. The molecule has 0 aliphatic heterocycles. The van der Waals surface area contributed by atoms with Gasteiger partial charge in [0.1, 0.15) is 5.60 Å². The number of alkyl carbamates (subject to hydrolysis) is 1. The Balaban J connectivity index is 2.00. The molecule has 2 aromatic rings. The Bertz CT molecular complexity index is 585. The number of carbonyl (C=O) groups is 1. The van der Waals surface area contributed by atoms with Crippen molar-refractivity contribution in [1.29, 1.82) is 0 Å². The molecular formula is C15H20N4O2. The second kappa shape index (κ2) is 5.95. The van der Waals surface area contributed by atoms with Crippen LogP contribution < -0.4 is 5.32 Å². The Hall–Kier alpha value is -2.37. The van der Waals surface area contributed by atoms with Crippen molar-refractivity contribution >= 4 is 6.09 Å². The van der Waals surface area contributed by atoms with Crippen molar-refractivity contribution in [2.24, 2.45) is 0 Å². The molecule has 6 heteroatoms. The molecule has 1 amide bonds. The molecule has 21 heavy (non-hydrogen) atoms. The number of carbonyl (C=O) groups excluding carboxylic acids is 1. The van der Waals surface area contributed by atoms with E-state index in [1.54, 1.807) is 17.1 Å². The molecule has 0 saturated heterocycles. The van der Waals surface area contributed by atoms with E-state index in [0.717, 1.165) is 11.4 Å². The summed E-state index contributed by atoms with van der Waals surface area (Å²) in [6, 6.07) is 5.42. The van der Waals surface area contributed by atoms with Gasteiger partial charge in [-0.05, 0) is 45.4 Å². The average Bonchev–Trinajstić information content (AvgIpc) is 2.90. The van der Waals surface area contributed by atoms with Crippen molar-refractivity contribution in [3.05, 3.63) is 42.4 Å². The van der Waals surface area contributed by atoms with Crippen LogP contribution in [0.15, 0.2) is 36.8 Å². The van der Waals surface area contributed by atoms with E-state index in [4.69, 9.17) is 4.74 Å². The van der Waals surface area contributed by atoms with Gasteiger partial charge in [-0.1, -0.05) is 6.07 Å². The maximum absolute atomic E-state index is 11.7. The number of rotatable bonds is 3. The number of pyridine rings is 1. The SMILES string of the molecule is CC(NC(=O)OC(C)(C)C)c1ccc(-n2cccn2)nc1. The second-order valence-electron chi connectivity index (χ2n) is 5.77. The summed E-state index contributed by atoms with van der Waals surface area (Å²) >= 11 is 0. The minimum atomic E-state index is -0.508. The Labute approximate surface area is 124 Å². The van der Waals surface area contributed by atoms with E-state index >= 15 is 0 Å². The summed E-state index contributed by atoms with van der Waals surface area (Å²) in [4.78, 5) is 16.1. The highest BCUT2D eigenvalue weighted by atomic mass is 16.6. The molecule has 6 nitrogen and oxygen atoms in total. The van der Waals surface area contributed by atoms with E-state index in [2.05, 4.69) is 15.4 Å². The Morgan fingerprint density at radius 2 is 2.14 bits per heavy atom. The van der Waals surface area contributed by atoms with Gasteiger partial charge in [0, 0.05) is 18.6 Å². The zero-order chi connectivity index (χ0) is 15.5. The largest absolute Gasteiger partial charge is 0.444 e. The highest BCUT2D eigenvalue weighted by Crippen LogP contribution is 2.14. The molecule has 1 unspecified atom stereocenters. The predicted molar refractivity (Wildman–Crippen MR) is 79.1 cm³/mol. The van der Waals surface area contributed by atoms with Crippen LogP contribution in [0.1, 0.15) is 39.3 Å². The van der Waals surface area contributed by atoms with Crippen LogP contribution in [0.5, 0.6) is 0 Å². The lowest BCUT2D eigenvalue weighted by Gasteiger charge is -2.22. The third-order valence-electron chi connectivity index (χ3n) is 2.74. The molecule has 2 aromatic heterocycles. The number of hydrogen-bond acceptors (Lipinski definition) is 4. The van der Waals surface area contributed by atoms with Gasteiger partial charge in [-0.15, -0.1) is 0 Å². The molecule has 1 atom stereocenters. The normalized spacial score (nSPS) is 12.8. The molecule has 2 heterocycles. The lowest BCUT2D eigenvalue weighted by Crippen LogP contribution is -2.34. The summed E-state index contributed by atoms with van der Waals surface area (Å²) in [5.41, 5.74) is 0.392. The topological polar surface area (TPSA) is 69.0 Å². The number of nitrogens with one attached hydrogen (secondary N) is 1. The summed E-state index contributed by atoms with van der Waals surface area (Å²) in [6.07, 6.45) is 4.80. The van der Waals surface area contributed by atoms with Crippen LogP contribution in [0.2, 0.25) is 0 Å². The highest BCUT2D eigenvalue weighted by molar-refractivity contribution is 5.68. The van der Waals surface area contributed by atoms with Gasteiger partial charge in [0.2, 0.25) is 0 Å². The molecule has 0 aliphatic carbocycles. The fourth-order valence-electron chi connectivity index (χ4n) is 1.76. The van der Waals surface area contributed by atoms with Crippen molar-refractivity contribution in [2.45, 2.75) is 39.3 Å². The van der Waals surface area contributed by atoms with Gasteiger partial charge in [0.15, 0.2) is 5.82 Å². The summed E-state index contributed by atoms with van der Waals surface area (Å²) < 4.78 is 6.90. The number of nitrogens with zero attached hydrogens (tertiary/aromatic N) is 3. The Kier molecular flexibility index (Phi) is 4.26. The first-order valence-electron chi connectivity index (χ1n) is 6.80. The van der Waals surface area contributed by atoms with Crippen LogP contribution in [0.4, 0.5) is 4.79 Å². The third-order valence-corrected chi connectivity index (χ3v) is 2.74. The van der Waals surface area contributed by atoms with E-state index in [-0.39, 0.29) is 6.04 Å². The number of amides is 1. The Morgan fingerprint density at radius 1 is 1.38 bits per heavy atom. The molecule has 0 radical (unpaired) electrons. The van der Waals surface area contributed by atoms with E-state index in [9.17, 15) is 4.79 Å². The first-order chi connectivity index (χ1) is 9.85. The van der Waals surface area contributed by atoms with Crippen LogP contribution in [-0.4, -0.2) is 26.5 Å². The smallest absolute Gasteiger partial charge is 0.408 e. The zero-order valence-corrected chi connectivity index (χ0v) is 12.7. The molecule has 1 N–H and O–H groups in total. The Morgan fingerprint density at radius 3 is 2.67 bits per heavy atom. The number of aromatic nitrogens is 3. The van der Waals surface area contributed by atoms with Crippen molar-refractivity contribution in [2.75, 3.05) is 0 Å². The summed E-state index contributed by atoms with van der Waals surface area (Å²) in [6.45, 7) is 7.38. The average molecular weight is 288 g/mol. The zero-order valence-electron chi connectivity index (χ0n) is 12.7. The molecule has 112 valence electrons. The molecule has 2 rings (SSSR count). The van der Waals surface area contributed by atoms with Gasteiger partial charge in [0.05, 0.1) is 6.04 Å². The van der Waals surface area contributed by atoms with Crippen molar-refractivity contribution in [3.63, 3.8) is 0 Å². The second-order valence-corrected chi connectivity index (χ2v) is 5.77. The fourth-order valence-corrected chi connectivity index (χ4v) is 1.76. The van der Waals surface area contributed by atoms with Gasteiger partial charge in [-0.2, -0.15) is 5.10 Å². The summed E-state index contributed by atoms with van der Waals surface area (Å²) in [5, 5.41) is 6.90. The monoisotopic (exact) mass is 288 g/mol. The minimum absolute atomic E-state index is 0.181. The lowest BCUT2D eigenvalue weighted by molar-refractivity contribution is 0.0508. The third kappa shape index (κ3) is 4.30. The van der Waals surface area contributed by atoms with Crippen LogP contribution in [0, 0.1) is 0 Å². The first-order valence-corrected chi connectivity index (χ1v) is 6.80. The first kappa shape index (κ1) is 15.0. The minimum Gasteiger partial charge on any atom is -0.444 e. The van der Waals surface area contributed by atoms with E-state index < -0.39 is 11.7 Å². The standard InChI is InChI=1S/C15H20N4O2/c1-11(18-14(20)21-15(2,3)4)12-6-7-13(16-10-12)19-9-5-8-17-19/h5-11H,1-4H3,(H,18,20). The van der Waals surface area contributed by atoms with Crippen molar-refractivity contribution in [1.82, 2.24) is 20.1 Å². The molecule has 0 saturated carbocycles. The van der Waals surface area contributed by atoms with Crippen LogP contribution in [0.25, 0.3) is 5.82 Å². The van der Waals surface area contributed by atoms with E-state index in [1.165, 1.54) is 0 Å². The molecule has 0 bridgehead atoms. The number of hydrogen-bond donors (Lipinski definition) is 1. The predicted octanol–water partition coefficient (Wildman–Crippen LogP) is 2.85. The highest BCUT2D eigenvalue weighted by Gasteiger charge is 2.18. The quantitative estimate of drug-likeness (QED) is 0.943. The van der Waals surface area contributed by atoms with Crippen LogP contribution in [-0.2, 0) is 4.74 Å². The van der Waals surface area contributed by atoms with Crippen LogP contribution >= 0.6 is 0 Å². The summed E-state index contributed by atoms with van der Waals surface area (Å²) in [7, 11) is 0. The molecule has 0 fully saturated rings. The lowest BCUT2D eigenvalue weighted by atomic mass is 10.1.